The number of unbranched alkanes of at least 4 members (excludes halogenated alkanes) is 15. The Labute approximate surface area is 355 Å². The van der Waals surface area contributed by atoms with Gasteiger partial charge in [0.05, 0.1) is 33.0 Å². The van der Waals surface area contributed by atoms with E-state index in [2.05, 4.69) is 114 Å². The molecule has 0 N–H and O–H groups in total. The number of hydrogen-bond donors (Lipinski definition) is 0. The van der Waals surface area contributed by atoms with E-state index in [1.165, 1.54) is 83.5 Å². The minimum absolute atomic E-state index is 0.656. The van der Waals surface area contributed by atoms with Crippen LogP contribution in [0.2, 0.25) is 0 Å². The fourth-order valence-electron chi connectivity index (χ4n) is 6.84. The summed E-state index contributed by atoms with van der Waals surface area (Å²) in [5.74, 6) is 4.07. The van der Waals surface area contributed by atoms with Crippen LogP contribution in [0.5, 0.6) is 28.7 Å². The molecule has 58 heavy (non-hydrogen) atoms. The molecule has 0 saturated heterocycles. The highest BCUT2D eigenvalue weighted by atomic mass is 16.5. The number of rotatable bonds is 34. The zero-order valence-corrected chi connectivity index (χ0v) is 37.6. The zero-order chi connectivity index (χ0) is 41.5. The van der Waals surface area contributed by atoms with Crippen molar-refractivity contribution in [1.82, 2.24) is 0 Å². The molecule has 0 fully saturated rings. The largest absolute Gasteiger partial charge is 0.490 e. The lowest BCUT2D eigenvalue weighted by atomic mass is 10.1. The molecule has 0 aliphatic carbocycles. The summed E-state index contributed by atoms with van der Waals surface area (Å²) < 4.78 is 32.4. The Morgan fingerprint density at radius 1 is 0.328 bits per heavy atom. The summed E-state index contributed by atoms with van der Waals surface area (Å²) in [6.07, 6.45) is 31.9. The molecule has 322 valence electrons. The van der Waals surface area contributed by atoms with Crippen molar-refractivity contribution < 1.29 is 23.7 Å². The third-order valence-corrected chi connectivity index (χ3v) is 10.5. The number of hydrogen-bond acceptors (Lipinski definition) is 5. The Bertz CT molecular complexity index is 1560. The molecule has 0 aliphatic heterocycles. The van der Waals surface area contributed by atoms with Gasteiger partial charge >= 0.3 is 0 Å². The van der Waals surface area contributed by atoms with E-state index in [0.717, 1.165) is 102 Å². The van der Waals surface area contributed by atoms with Crippen LogP contribution in [0.25, 0.3) is 24.3 Å². The summed E-state index contributed by atoms with van der Waals surface area (Å²) in [5.41, 5.74) is 5.42. The van der Waals surface area contributed by atoms with Crippen LogP contribution in [0.3, 0.4) is 0 Å². The van der Waals surface area contributed by atoms with Crippen LogP contribution in [0, 0.1) is 6.92 Å². The molecule has 5 heteroatoms. The Morgan fingerprint density at radius 3 is 1.09 bits per heavy atom. The van der Waals surface area contributed by atoms with Gasteiger partial charge in [-0.2, -0.15) is 0 Å². The minimum Gasteiger partial charge on any atom is -0.490 e. The van der Waals surface area contributed by atoms with E-state index < -0.39 is 0 Å². The molecule has 0 heterocycles. The zero-order valence-electron chi connectivity index (χ0n) is 37.6. The molecular formula is C53H80O5. The van der Waals surface area contributed by atoms with Gasteiger partial charge in [0.1, 0.15) is 0 Å². The van der Waals surface area contributed by atoms with Crippen LogP contribution < -0.4 is 23.7 Å². The molecule has 0 spiro atoms. The van der Waals surface area contributed by atoms with E-state index >= 15 is 0 Å². The fraction of sp³-hybridized carbons (Fsp3) is 0.585. The van der Waals surface area contributed by atoms with E-state index in [-0.39, 0.29) is 0 Å². The van der Waals surface area contributed by atoms with Gasteiger partial charge in [0.2, 0.25) is 5.75 Å². The van der Waals surface area contributed by atoms with Gasteiger partial charge in [-0.15, -0.1) is 0 Å². The molecule has 0 atom stereocenters. The molecule has 0 unspecified atom stereocenters. The molecule has 5 nitrogen and oxygen atoms in total. The van der Waals surface area contributed by atoms with Crippen molar-refractivity contribution in [2.24, 2.45) is 0 Å². The number of benzene rings is 3. The maximum Gasteiger partial charge on any atom is 0.204 e. The van der Waals surface area contributed by atoms with Gasteiger partial charge < -0.3 is 23.7 Å². The fourth-order valence-corrected chi connectivity index (χ4v) is 6.84. The van der Waals surface area contributed by atoms with Gasteiger partial charge in [0.25, 0.3) is 0 Å². The second kappa shape index (κ2) is 31.1. The number of aryl methyl sites for hydroxylation is 1. The van der Waals surface area contributed by atoms with Crippen molar-refractivity contribution >= 4 is 24.3 Å². The van der Waals surface area contributed by atoms with E-state index in [0.29, 0.717) is 33.0 Å². The lowest BCUT2D eigenvalue weighted by molar-refractivity contribution is 0.234. The average molecular weight is 797 g/mol. The second-order valence-electron chi connectivity index (χ2n) is 15.8. The third kappa shape index (κ3) is 18.8. The maximum absolute atomic E-state index is 6.58. The van der Waals surface area contributed by atoms with Crippen LogP contribution in [-0.2, 0) is 0 Å². The molecule has 3 aromatic rings. The van der Waals surface area contributed by atoms with E-state index in [4.69, 9.17) is 23.7 Å². The topological polar surface area (TPSA) is 46.2 Å². The lowest BCUT2D eigenvalue weighted by Crippen LogP contribution is -2.07. The summed E-state index contributed by atoms with van der Waals surface area (Å²) in [5, 5.41) is 0. The van der Waals surface area contributed by atoms with Gasteiger partial charge in [-0.25, -0.2) is 0 Å². The van der Waals surface area contributed by atoms with E-state index in [1.54, 1.807) is 0 Å². The predicted octanol–water partition coefficient (Wildman–Crippen LogP) is 16.1. The quantitative estimate of drug-likeness (QED) is 0.0445. The van der Waals surface area contributed by atoms with Crippen LogP contribution in [0.15, 0.2) is 48.5 Å². The van der Waals surface area contributed by atoms with Crippen LogP contribution in [0.1, 0.15) is 191 Å². The van der Waals surface area contributed by atoms with Gasteiger partial charge in [-0.3, -0.25) is 0 Å². The monoisotopic (exact) mass is 797 g/mol. The average Bonchev–Trinajstić information content (AvgIpc) is 3.24. The van der Waals surface area contributed by atoms with Gasteiger partial charge in [-0.1, -0.05) is 192 Å². The highest BCUT2D eigenvalue weighted by Crippen LogP contribution is 2.42. The minimum atomic E-state index is 0.656. The molecule has 0 bridgehead atoms. The lowest BCUT2D eigenvalue weighted by Gasteiger charge is -2.19. The first kappa shape index (κ1) is 48.5. The summed E-state index contributed by atoms with van der Waals surface area (Å²) >= 11 is 0. The van der Waals surface area contributed by atoms with Crippen molar-refractivity contribution in [3.05, 3.63) is 76.3 Å². The van der Waals surface area contributed by atoms with Gasteiger partial charge in [-0.05, 0) is 67.9 Å². The Kier molecular flexibility index (Phi) is 26.0. The smallest absolute Gasteiger partial charge is 0.204 e. The summed E-state index contributed by atoms with van der Waals surface area (Å²) in [6, 6.07) is 17.2. The van der Waals surface area contributed by atoms with E-state index in [1.807, 2.05) is 0 Å². The Hall–Kier alpha value is -3.86. The van der Waals surface area contributed by atoms with Crippen molar-refractivity contribution in [3.8, 4) is 28.7 Å². The normalized spacial score (nSPS) is 11.5. The SMILES string of the molecule is CCCCCCOc1ccc(C=Cc2ccc(C=Cc3ccc(C)c(OCCCCCC)c3OCCCCCC)cc2)c(OCCCCCC)c1OCCCCCC. The molecule has 0 radical (unpaired) electrons. The summed E-state index contributed by atoms with van der Waals surface area (Å²) in [7, 11) is 0. The predicted molar refractivity (Wildman–Crippen MR) is 250 cm³/mol. The van der Waals surface area contributed by atoms with Crippen LogP contribution in [0.4, 0.5) is 0 Å². The molecule has 3 rings (SSSR count). The molecular weight excluding hydrogens is 717 g/mol. The molecule has 3 aromatic carbocycles. The van der Waals surface area contributed by atoms with Crippen molar-refractivity contribution in [2.45, 2.75) is 170 Å². The van der Waals surface area contributed by atoms with Crippen molar-refractivity contribution in [1.29, 1.82) is 0 Å². The molecule has 0 aromatic heterocycles. The van der Waals surface area contributed by atoms with Crippen molar-refractivity contribution in [2.75, 3.05) is 33.0 Å². The standard InChI is InChI=1S/C53H80O5/c1-7-12-17-22-39-54-49-38-37-48(52(57-42-25-20-15-10-4)53(49)58-43-26-21-16-11-5)36-33-46-30-28-45(29-31-46)32-35-47-34-27-44(6)50(55-40-23-18-13-8-2)51(47)56-41-24-19-14-9-3/h27-38H,7-26,39-43H2,1-6H3. The van der Waals surface area contributed by atoms with Crippen LogP contribution in [-0.4, -0.2) is 33.0 Å². The second-order valence-corrected chi connectivity index (χ2v) is 15.8. The molecule has 0 aliphatic rings. The first-order chi connectivity index (χ1) is 28.6. The molecule has 0 amide bonds. The Morgan fingerprint density at radius 2 is 0.672 bits per heavy atom. The summed E-state index contributed by atoms with van der Waals surface area (Å²) in [4.78, 5) is 0. The highest BCUT2D eigenvalue weighted by molar-refractivity contribution is 5.78. The maximum atomic E-state index is 6.58. The van der Waals surface area contributed by atoms with Crippen LogP contribution >= 0.6 is 0 Å². The van der Waals surface area contributed by atoms with E-state index in [9.17, 15) is 0 Å². The summed E-state index contributed by atoms with van der Waals surface area (Å²) in [6.45, 7) is 16.7. The Balaban J connectivity index is 1.84. The number of ether oxygens (including phenoxy) is 5. The van der Waals surface area contributed by atoms with Gasteiger partial charge in [0, 0.05) is 11.1 Å². The molecule has 0 saturated carbocycles. The first-order valence-electron chi connectivity index (χ1n) is 23.5. The first-order valence-corrected chi connectivity index (χ1v) is 23.5. The third-order valence-electron chi connectivity index (χ3n) is 10.5. The van der Waals surface area contributed by atoms with Crippen molar-refractivity contribution in [3.63, 3.8) is 0 Å². The van der Waals surface area contributed by atoms with Gasteiger partial charge in [0.15, 0.2) is 23.0 Å². The highest BCUT2D eigenvalue weighted by Gasteiger charge is 2.18.